The van der Waals surface area contributed by atoms with Gasteiger partial charge in [-0.05, 0) is 6.42 Å². The Balaban J connectivity index is 3.63. The van der Waals surface area contributed by atoms with Crippen LogP contribution >= 0.6 is 0 Å². The van der Waals surface area contributed by atoms with Crippen molar-refractivity contribution < 1.29 is 20.1 Å². The minimum Gasteiger partial charge on any atom is -0.481 e. The lowest BCUT2D eigenvalue weighted by Gasteiger charge is -2.20. The molecular formula is C8H16O4. The first-order chi connectivity index (χ1) is 5.48. The van der Waals surface area contributed by atoms with E-state index < -0.39 is 11.8 Å². The number of aliphatic hydroxyl groups is 2. The average molecular weight is 176 g/mol. The van der Waals surface area contributed by atoms with Gasteiger partial charge in [-0.25, -0.2) is 0 Å². The Morgan fingerprint density at radius 2 is 1.92 bits per heavy atom. The number of hydrogen-bond acceptors (Lipinski definition) is 3. The first kappa shape index (κ1) is 11.4. The van der Waals surface area contributed by atoms with Crippen molar-refractivity contribution in [2.75, 3.05) is 0 Å². The zero-order chi connectivity index (χ0) is 9.61. The SMILES string of the molecule is CCCCC(O)(O)CCC(=O)O. The Morgan fingerprint density at radius 3 is 2.33 bits per heavy atom. The molecule has 0 aliphatic heterocycles. The molecule has 0 aromatic carbocycles. The highest BCUT2D eigenvalue weighted by molar-refractivity contribution is 5.66. The van der Waals surface area contributed by atoms with E-state index in [0.29, 0.717) is 6.42 Å². The van der Waals surface area contributed by atoms with Gasteiger partial charge >= 0.3 is 5.97 Å². The lowest BCUT2D eigenvalue weighted by molar-refractivity contribution is -0.176. The van der Waals surface area contributed by atoms with Crippen molar-refractivity contribution in [3.8, 4) is 0 Å². The molecule has 0 aromatic heterocycles. The number of carboxylic acids is 1. The molecule has 0 amide bonds. The van der Waals surface area contributed by atoms with Crippen LogP contribution in [0, 0.1) is 0 Å². The van der Waals surface area contributed by atoms with Crippen LogP contribution in [0.4, 0.5) is 0 Å². The van der Waals surface area contributed by atoms with Gasteiger partial charge in [-0.2, -0.15) is 0 Å². The molecule has 0 bridgehead atoms. The van der Waals surface area contributed by atoms with Crippen LogP contribution < -0.4 is 0 Å². The highest BCUT2D eigenvalue weighted by Gasteiger charge is 2.22. The molecule has 12 heavy (non-hydrogen) atoms. The Morgan fingerprint density at radius 1 is 1.33 bits per heavy atom. The van der Waals surface area contributed by atoms with Gasteiger partial charge in [-0.15, -0.1) is 0 Å². The van der Waals surface area contributed by atoms with E-state index in [1.807, 2.05) is 6.92 Å². The van der Waals surface area contributed by atoms with Crippen LogP contribution in [0.15, 0.2) is 0 Å². The molecule has 0 aromatic rings. The van der Waals surface area contributed by atoms with Gasteiger partial charge in [-0.3, -0.25) is 4.79 Å². The third-order valence-electron chi connectivity index (χ3n) is 1.67. The second kappa shape index (κ2) is 5.11. The van der Waals surface area contributed by atoms with Gasteiger partial charge < -0.3 is 15.3 Å². The molecule has 3 N–H and O–H groups in total. The van der Waals surface area contributed by atoms with Gasteiger partial charge in [0, 0.05) is 12.8 Å². The maximum atomic E-state index is 10.1. The number of carbonyl (C=O) groups is 1. The second-order valence-corrected chi connectivity index (χ2v) is 2.98. The summed E-state index contributed by atoms with van der Waals surface area (Å²) in [5, 5.41) is 26.7. The topological polar surface area (TPSA) is 77.8 Å². The summed E-state index contributed by atoms with van der Waals surface area (Å²) in [4.78, 5) is 10.1. The number of hydrogen-bond donors (Lipinski definition) is 3. The van der Waals surface area contributed by atoms with Crippen LogP contribution in [0.3, 0.4) is 0 Å². The molecule has 0 unspecified atom stereocenters. The lowest BCUT2D eigenvalue weighted by atomic mass is 10.0. The molecule has 0 heterocycles. The molecular weight excluding hydrogens is 160 g/mol. The third kappa shape index (κ3) is 6.12. The first-order valence-corrected chi connectivity index (χ1v) is 4.14. The maximum absolute atomic E-state index is 10.1. The summed E-state index contributed by atoms with van der Waals surface area (Å²) in [5.74, 6) is -2.80. The highest BCUT2D eigenvalue weighted by atomic mass is 16.5. The fourth-order valence-corrected chi connectivity index (χ4v) is 0.892. The zero-order valence-electron chi connectivity index (χ0n) is 7.29. The van der Waals surface area contributed by atoms with E-state index in [1.54, 1.807) is 0 Å². The summed E-state index contributed by atoms with van der Waals surface area (Å²) in [5.41, 5.74) is 0. The first-order valence-electron chi connectivity index (χ1n) is 4.14. The van der Waals surface area contributed by atoms with Crippen molar-refractivity contribution in [2.24, 2.45) is 0 Å². The highest BCUT2D eigenvalue weighted by Crippen LogP contribution is 2.16. The smallest absolute Gasteiger partial charge is 0.303 e. The molecule has 0 radical (unpaired) electrons. The maximum Gasteiger partial charge on any atom is 0.303 e. The molecule has 0 fully saturated rings. The monoisotopic (exact) mass is 176 g/mol. The number of unbranched alkanes of at least 4 members (excludes halogenated alkanes) is 1. The summed E-state index contributed by atoms with van der Waals surface area (Å²) in [6.07, 6.45) is 1.53. The number of rotatable bonds is 6. The van der Waals surface area contributed by atoms with E-state index >= 15 is 0 Å². The minimum absolute atomic E-state index is 0.0949. The summed E-state index contributed by atoms with van der Waals surface area (Å²) in [7, 11) is 0. The van der Waals surface area contributed by atoms with Crippen molar-refractivity contribution in [1.29, 1.82) is 0 Å². The molecule has 4 heteroatoms. The predicted molar refractivity (Wildman–Crippen MR) is 43.6 cm³/mol. The standard InChI is InChI=1S/C8H16O4/c1-2-3-5-8(11,12)6-4-7(9)10/h11-12H,2-6H2,1H3,(H,9,10). The van der Waals surface area contributed by atoms with Gasteiger partial charge in [0.25, 0.3) is 0 Å². The molecule has 0 spiro atoms. The Hall–Kier alpha value is -0.610. The van der Waals surface area contributed by atoms with E-state index in [0.717, 1.165) is 6.42 Å². The second-order valence-electron chi connectivity index (χ2n) is 2.98. The fraction of sp³-hybridized carbons (Fsp3) is 0.875. The van der Waals surface area contributed by atoms with Crippen molar-refractivity contribution in [3.05, 3.63) is 0 Å². The van der Waals surface area contributed by atoms with Crippen LogP contribution in [-0.4, -0.2) is 27.1 Å². The molecule has 4 nitrogen and oxygen atoms in total. The van der Waals surface area contributed by atoms with Gasteiger partial charge in [0.1, 0.15) is 0 Å². The Bertz CT molecular complexity index is 142. The van der Waals surface area contributed by atoms with E-state index in [2.05, 4.69) is 0 Å². The molecule has 0 aliphatic carbocycles. The molecule has 0 aliphatic rings. The van der Waals surface area contributed by atoms with Gasteiger partial charge in [0.05, 0.1) is 6.42 Å². The summed E-state index contributed by atoms with van der Waals surface area (Å²) >= 11 is 0. The molecule has 0 saturated carbocycles. The minimum atomic E-state index is -1.80. The van der Waals surface area contributed by atoms with Crippen molar-refractivity contribution in [1.82, 2.24) is 0 Å². The van der Waals surface area contributed by atoms with Crippen molar-refractivity contribution >= 4 is 5.97 Å². The summed E-state index contributed by atoms with van der Waals surface area (Å²) in [6, 6.07) is 0. The van der Waals surface area contributed by atoms with Crippen LogP contribution in [0.2, 0.25) is 0 Å². The van der Waals surface area contributed by atoms with Crippen LogP contribution in [0.25, 0.3) is 0 Å². The van der Waals surface area contributed by atoms with Gasteiger partial charge in [0.15, 0.2) is 5.79 Å². The van der Waals surface area contributed by atoms with Crippen LogP contribution in [-0.2, 0) is 4.79 Å². The zero-order valence-corrected chi connectivity index (χ0v) is 7.29. The summed E-state index contributed by atoms with van der Waals surface area (Å²) in [6.45, 7) is 1.94. The quantitative estimate of drug-likeness (QED) is 0.521. The van der Waals surface area contributed by atoms with E-state index in [1.165, 1.54) is 0 Å². The summed E-state index contributed by atoms with van der Waals surface area (Å²) < 4.78 is 0. The fourth-order valence-electron chi connectivity index (χ4n) is 0.892. The van der Waals surface area contributed by atoms with E-state index in [4.69, 9.17) is 5.11 Å². The van der Waals surface area contributed by atoms with Crippen LogP contribution in [0.1, 0.15) is 39.0 Å². The largest absolute Gasteiger partial charge is 0.481 e. The molecule has 0 rings (SSSR count). The number of aliphatic carboxylic acids is 1. The third-order valence-corrected chi connectivity index (χ3v) is 1.67. The molecule has 0 saturated heterocycles. The van der Waals surface area contributed by atoms with Gasteiger partial charge in [-0.1, -0.05) is 13.3 Å². The van der Waals surface area contributed by atoms with Gasteiger partial charge in [0.2, 0.25) is 0 Å². The lowest BCUT2D eigenvalue weighted by Crippen LogP contribution is -2.28. The van der Waals surface area contributed by atoms with Crippen molar-refractivity contribution in [3.63, 3.8) is 0 Å². The van der Waals surface area contributed by atoms with E-state index in [-0.39, 0.29) is 19.3 Å². The normalized spacial score (nSPS) is 11.6. The predicted octanol–water partition coefficient (Wildman–Crippen LogP) is 0.722. The van der Waals surface area contributed by atoms with Crippen LogP contribution in [0.5, 0.6) is 0 Å². The molecule has 0 atom stereocenters. The Labute approximate surface area is 71.8 Å². The van der Waals surface area contributed by atoms with Crippen molar-refractivity contribution in [2.45, 2.75) is 44.8 Å². The average Bonchev–Trinajstić information content (AvgIpc) is 1.98. The van der Waals surface area contributed by atoms with E-state index in [9.17, 15) is 15.0 Å². The Kier molecular flexibility index (Phi) is 4.85. The molecule has 72 valence electrons. The number of carboxylic acid groups (broad SMARTS) is 1.